The number of hydrogen-bond donors (Lipinski definition) is 0. The Morgan fingerprint density at radius 1 is 1.75 bits per heavy atom. The smallest absolute Gasteiger partial charge is 0.149 e. The van der Waals surface area contributed by atoms with Gasteiger partial charge in [0, 0.05) is 19.1 Å². The van der Waals surface area contributed by atoms with Crippen molar-refractivity contribution in [2.24, 2.45) is 0 Å². The van der Waals surface area contributed by atoms with Crippen LogP contribution in [0.1, 0.15) is 6.42 Å². The molecule has 1 aliphatic rings. The van der Waals surface area contributed by atoms with E-state index in [2.05, 4.69) is 6.58 Å². The Morgan fingerprint density at radius 2 is 2.50 bits per heavy atom. The van der Waals surface area contributed by atoms with Crippen molar-refractivity contribution >= 4 is 6.29 Å². The first-order valence-electron chi connectivity index (χ1n) is 3.83. The topological polar surface area (TPSA) is 26.3 Å². The van der Waals surface area contributed by atoms with Crippen LogP contribution in [0.15, 0.2) is 36.0 Å². The summed E-state index contributed by atoms with van der Waals surface area (Å²) in [5.74, 6) is 0. The molecule has 0 aliphatic heterocycles. The molecule has 1 rings (SSSR count). The SMILES string of the molecule is C=CC1=CC(C=O)=CC(OC)C1. The zero-order valence-electron chi connectivity index (χ0n) is 7.12. The first-order valence-corrected chi connectivity index (χ1v) is 3.83. The van der Waals surface area contributed by atoms with Gasteiger partial charge in [-0.05, 0) is 17.7 Å². The Kier molecular flexibility index (Phi) is 3.00. The molecule has 2 nitrogen and oxygen atoms in total. The number of allylic oxidation sites excluding steroid dienone is 3. The van der Waals surface area contributed by atoms with E-state index >= 15 is 0 Å². The fraction of sp³-hybridized carbons (Fsp3) is 0.300. The Hall–Kier alpha value is -1.15. The van der Waals surface area contributed by atoms with E-state index in [4.69, 9.17) is 4.74 Å². The van der Waals surface area contributed by atoms with Crippen LogP contribution in [-0.2, 0) is 9.53 Å². The van der Waals surface area contributed by atoms with Crippen LogP contribution < -0.4 is 0 Å². The summed E-state index contributed by atoms with van der Waals surface area (Å²) >= 11 is 0. The molecule has 1 unspecified atom stereocenters. The average Bonchev–Trinajstić information content (AvgIpc) is 2.16. The molecule has 0 amide bonds. The molecule has 0 spiro atoms. The van der Waals surface area contributed by atoms with Crippen LogP contribution in [0, 0.1) is 0 Å². The number of hydrogen-bond acceptors (Lipinski definition) is 2. The summed E-state index contributed by atoms with van der Waals surface area (Å²) in [6.45, 7) is 3.65. The molecule has 0 saturated carbocycles. The largest absolute Gasteiger partial charge is 0.377 e. The van der Waals surface area contributed by atoms with Crippen molar-refractivity contribution < 1.29 is 9.53 Å². The highest BCUT2D eigenvalue weighted by Gasteiger charge is 2.11. The monoisotopic (exact) mass is 164 g/mol. The average molecular weight is 164 g/mol. The van der Waals surface area contributed by atoms with Crippen LogP contribution in [0.3, 0.4) is 0 Å². The van der Waals surface area contributed by atoms with Crippen molar-refractivity contribution in [1.82, 2.24) is 0 Å². The van der Waals surface area contributed by atoms with Crippen LogP contribution in [0.5, 0.6) is 0 Å². The van der Waals surface area contributed by atoms with Gasteiger partial charge in [0.25, 0.3) is 0 Å². The number of carbonyl (C=O) groups is 1. The molecule has 12 heavy (non-hydrogen) atoms. The minimum Gasteiger partial charge on any atom is -0.377 e. The number of methoxy groups -OCH3 is 1. The molecule has 0 bridgehead atoms. The fourth-order valence-electron chi connectivity index (χ4n) is 1.19. The van der Waals surface area contributed by atoms with E-state index < -0.39 is 0 Å². The van der Waals surface area contributed by atoms with E-state index in [1.165, 1.54) is 0 Å². The first-order chi connectivity index (χ1) is 5.80. The van der Waals surface area contributed by atoms with Gasteiger partial charge in [-0.3, -0.25) is 4.79 Å². The Bertz CT molecular complexity index is 249. The van der Waals surface area contributed by atoms with Gasteiger partial charge in [-0.25, -0.2) is 0 Å². The van der Waals surface area contributed by atoms with E-state index in [0.29, 0.717) is 5.57 Å². The van der Waals surface area contributed by atoms with E-state index in [1.54, 1.807) is 13.2 Å². The second kappa shape index (κ2) is 4.02. The highest BCUT2D eigenvalue weighted by Crippen LogP contribution is 2.19. The Morgan fingerprint density at radius 3 is 3.00 bits per heavy atom. The number of rotatable bonds is 3. The van der Waals surface area contributed by atoms with Gasteiger partial charge in [0.05, 0.1) is 6.10 Å². The molecule has 0 heterocycles. The molecule has 0 fully saturated rings. The lowest BCUT2D eigenvalue weighted by Gasteiger charge is -2.16. The van der Waals surface area contributed by atoms with Gasteiger partial charge in [-0.15, -0.1) is 0 Å². The molecule has 1 atom stereocenters. The standard InChI is InChI=1S/C10H12O2/c1-3-8-4-9(7-11)6-10(5-8)12-2/h3-4,6-7,10H,1,5H2,2H3. The minimum absolute atomic E-state index is 0.0169. The number of carbonyl (C=O) groups excluding carboxylic acids is 1. The number of ether oxygens (including phenoxy) is 1. The third kappa shape index (κ3) is 1.92. The van der Waals surface area contributed by atoms with Crippen LogP contribution >= 0.6 is 0 Å². The lowest BCUT2D eigenvalue weighted by Crippen LogP contribution is -2.12. The van der Waals surface area contributed by atoms with Crippen molar-refractivity contribution in [2.45, 2.75) is 12.5 Å². The maximum atomic E-state index is 10.5. The normalized spacial score (nSPS) is 22.6. The molecule has 64 valence electrons. The number of aldehydes is 1. The molecule has 0 aromatic carbocycles. The molecular formula is C10H12O2. The lowest BCUT2D eigenvalue weighted by molar-refractivity contribution is -0.104. The van der Waals surface area contributed by atoms with E-state index in [1.807, 2.05) is 12.2 Å². The van der Waals surface area contributed by atoms with Gasteiger partial charge in [0.1, 0.15) is 6.29 Å². The van der Waals surface area contributed by atoms with Crippen LogP contribution in [0.4, 0.5) is 0 Å². The summed E-state index contributed by atoms with van der Waals surface area (Å²) in [6, 6.07) is 0. The lowest BCUT2D eigenvalue weighted by atomic mass is 9.98. The van der Waals surface area contributed by atoms with Crippen LogP contribution in [-0.4, -0.2) is 19.5 Å². The highest BCUT2D eigenvalue weighted by atomic mass is 16.5. The maximum Gasteiger partial charge on any atom is 0.149 e. The summed E-state index contributed by atoms with van der Waals surface area (Å²) in [5, 5.41) is 0. The maximum absolute atomic E-state index is 10.5. The third-order valence-corrected chi connectivity index (χ3v) is 1.87. The molecule has 1 aliphatic carbocycles. The van der Waals surface area contributed by atoms with Gasteiger partial charge in [0.2, 0.25) is 0 Å². The van der Waals surface area contributed by atoms with Crippen molar-refractivity contribution in [3.05, 3.63) is 36.0 Å². The summed E-state index contributed by atoms with van der Waals surface area (Å²) in [4.78, 5) is 10.5. The first kappa shape index (κ1) is 8.94. The summed E-state index contributed by atoms with van der Waals surface area (Å²) < 4.78 is 5.13. The van der Waals surface area contributed by atoms with E-state index in [9.17, 15) is 4.79 Å². The molecule has 0 saturated heterocycles. The zero-order valence-corrected chi connectivity index (χ0v) is 7.12. The second-order valence-electron chi connectivity index (χ2n) is 2.69. The molecule has 0 N–H and O–H groups in total. The van der Waals surface area contributed by atoms with E-state index in [-0.39, 0.29) is 6.10 Å². The summed E-state index contributed by atoms with van der Waals surface area (Å²) in [5.41, 5.74) is 1.72. The van der Waals surface area contributed by atoms with Crippen LogP contribution in [0.2, 0.25) is 0 Å². The van der Waals surface area contributed by atoms with Crippen LogP contribution in [0.25, 0.3) is 0 Å². The fourth-order valence-corrected chi connectivity index (χ4v) is 1.19. The second-order valence-corrected chi connectivity index (χ2v) is 2.69. The van der Waals surface area contributed by atoms with Gasteiger partial charge >= 0.3 is 0 Å². The third-order valence-electron chi connectivity index (χ3n) is 1.87. The Labute approximate surface area is 72.2 Å². The minimum atomic E-state index is 0.0169. The molecular weight excluding hydrogens is 152 g/mol. The van der Waals surface area contributed by atoms with E-state index in [0.717, 1.165) is 18.3 Å². The van der Waals surface area contributed by atoms with Gasteiger partial charge in [-0.1, -0.05) is 12.7 Å². The predicted octanol–water partition coefficient (Wildman–Crippen LogP) is 1.64. The van der Waals surface area contributed by atoms with Gasteiger partial charge in [0.15, 0.2) is 0 Å². The molecule has 0 aromatic heterocycles. The Balaban J connectivity index is 2.84. The summed E-state index contributed by atoms with van der Waals surface area (Å²) in [6.07, 6.45) is 7.05. The van der Waals surface area contributed by atoms with Crippen molar-refractivity contribution in [3.63, 3.8) is 0 Å². The quantitative estimate of drug-likeness (QED) is 0.593. The van der Waals surface area contributed by atoms with Crippen molar-refractivity contribution in [1.29, 1.82) is 0 Å². The summed E-state index contributed by atoms with van der Waals surface area (Å²) in [7, 11) is 1.63. The molecule has 2 heteroatoms. The van der Waals surface area contributed by atoms with Crippen molar-refractivity contribution in [3.8, 4) is 0 Å². The van der Waals surface area contributed by atoms with Crippen molar-refractivity contribution in [2.75, 3.05) is 7.11 Å². The molecule has 0 aromatic rings. The van der Waals surface area contributed by atoms with Gasteiger partial charge < -0.3 is 4.74 Å². The predicted molar refractivity (Wildman–Crippen MR) is 47.8 cm³/mol. The zero-order chi connectivity index (χ0) is 8.97. The van der Waals surface area contributed by atoms with Gasteiger partial charge in [-0.2, -0.15) is 0 Å². The highest BCUT2D eigenvalue weighted by molar-refractivity contribution is 5.78. The molecule has 0 radical (unpaired) electrons.